The molecule has 28 heavy (non-hydrogen) atoms. The Labute approximate surface area is 171 Å². The summed E-state index contributed by atoms with van der Waals surface area (Å²) in [5, 5.41) is 3.15. The van der Waals surface area contributed by atoms with E-state index in [0.29, 0.717) is 10.6 Å². The summed E-state index contributed by atoms with van der Waals surface area (Å²) in [5.74, 6) is -1.27. The number of thioether (sulfide) groups is 1. The van der Waals surface area contributed by atoms with E-state index in [1.54, 1.807) is 0 Å². The summed E-state index contributed by atoms with van der Waals surface area (Å²) in [4.78, 5) is 38.3. The summed E-state index contributed by atoms with van der Waals surface area (Å²) in [6.07, 6.45) is 2.69. The van der Waals surface area contributed by atoms with E-state index >= 15 is 0 Å². The Balaban J connectivity index is 1.53. The number of methoxy groups -OCH3 is 1. The Morgan fingerprint density at radius 1 is 1.21 bits per heavy atom. The minimum absolute atomic E-state index is 0.124. The smallest absolute Gasteiger partial charge is 0.341 e. The predicted molar refractivity (Wildman–Crippen MR) is 109 cm³/mol. The molecular formula is C20H21NO5S2. The number of hydrogen-bond donors (Lipinski definition) is 1. The van der Waals surface area contributed by atoms with Crippen molar-refractivity contribution in [3.8, 4) is 0 Å². The molecule has 8 heteroatoms. The van der Waals surface area contributed by atoms with Crippen molar-refractivity contribution in [2.24, 2.45) is 0 Å². The van der Waals surface area contributed by atoms with Gasteiger partial charge in [-0.3, -0.25) is 9.59 Å². The first-order valence-corrected chi connectivity index (χ1v) is 10.7. The van der Waals surface area contributed by atoms with Crippen molar-refractivity contribution in [2.45, 2.75) is 31.1 Å². The van der Waals surface area contributed by atoms with Gasteiger partial charge in [0.25, 0.3) is 5.91 Å². The number of hydrogen-bond acceptors (Lipinski definition) is 7. The van der Waals surface area contributed by atoms with E-state index < -0.39 is 24.5 Å². The molecule has 0 saturated heterocycles. The van der Waals surface area contributed by atoms with Crippen LogP contribution in [-0.2, 0) is 31.9 Å². The molecule has 0 bridgehead atoms. The molecule has 0 saturated carbocycles. The number of ether oxygens (including phenoxy) is 2. The lowest BCUT2D eigenvalue weighted by molar-refractivity contribution is -0.144. The zero-order valence-electron chi connectivity index (χ0n) is 15.7. The number of aryl methyl sites for hydroxylation is 2. The molecular weight excluding hydrogens is 398 g/mol. The first-order valence-electron chi connectivity index (χ1n) is 8.86. The van der Waals surface area contributed by atoms with Gasteiger partial charge in [0, 0.05) is 9.77 Å². The molecule has 6 nitrogen and oxygen atoms in total. The fourth-order valence-electron chi connectivity index (χ4n) is 3.02. The van der Waals surface area contributed by atoms with Gasteiger partial charge in [-0.05, 0) is 43.4 Å². The number of fused-ring (bicyclic) bond motifs is 1. The number of esters is 2. The summed E-state index contributed by atoms with van der Waals surface area (Å²) in [6, 6.07) is 7.75. The van der Waals surface area contributed by atoms with Crippen molar-refractivity contribution in [1.29, 1.82) is 0 Å². The maximum Gasteiger partial charge on any atom is 0.341 e. The van der Waals surface area contributed by atoms with E-state index in [2.05, 4.69) is 5.32 Å². The summed E-state index contributed by atoms with van der Waals surface area (Å²) in [7, 11) is 1.32. The number of amides is 1. The molecule has 0 unspecified atom stereocenters. The maximum absolute atomic E-state index is 12.2. The van der Waals surface area contributed by atoms with Crippen molar-refractivity contribution in [2.75, 3.05) is 24.8 Å². The maximum atomic E-state index is 12.2. The van der Waals surface area contributed by atoms with E-state index in [0.717, 1.165) is 40.2 Å². The van der Waals surface area contributed by atoms with Crippen LogP contribution in [0.2, 0.25) is 0 Å². The number of benzene rings is 1. The highest BCUT2D eigenvalue weighted by Gasteiger charge is 2.28. The van der Waals surface area contributed by atoms with Crippen LogP contribution < -0.4 is 5.32 Å². The fourth-order valence-corrected chi connectivity index (χ4v) is 5.14. The van der Waals surface area contributed by atoms with Crippen LogP contribution >= 0.6 is 23.1 Å². The third-order valence-corrected chi connectivity index (χ3v) is 6.72. The van der Waals surface area contributed by atoms with Gasteiger partial charge in [-0.2, -0.15) is 0 Å². The van der Waals surface area contributed by atoms with Crippen LogP contribution in [0.15, 0.2) is 29.2 Å². The van der Waals surface area contributed by atoms with Crippen molar-refractivity contribution >= 4 is 45.9 Å². The molecule has 1 heterocycles. The van der Waals surface area contributed by atoms with Gasteiger partial charge in [-0.25, -0.2) is 4.79 Å². The topological polar surface area (TPSA) is 81.7 Å². The van der Waals surface area contributed by atoms with Crippen LogP contribution in [0.1, 0.15) is 32.8 Å². The quantitative estimate of drug-likeness (QED) is 0.545. The van der Waals surface area contributed by atoms with E-state index in [9.17, 15) is 14.4 Å². The van der Waals surface area contributed by atoms with Gasteiger partial charge < -0.3 is 14.8 Å². The second-order valence-electron chi connectivity index (χ2n) is 6.32. The van der Waals surface area contributed by atoms with Gasteiger partial charge >= 0.3 is 11.9 Å². The first kappa shape index (κ1) is 20.4. The zero-order chi connectivity index (χ0) is 20.1. The molecule has 1 N–H and O–H groups in total. The lowest BCUT2D eigenvalue weighted by Gasteiger charge is -2.08. The summed E-state index contributed by atoms with van der Waals surface area (Å²) >= 11 is 2.76. The molecule has 0 spiro atoms. The summed E-state index contributed by atoms with van der Waals surface area (Å²) in [6.45, 7) is 1.58. The van der Waals surface area contributed by atoms with Crippen molar-refractivity contribution in [3.05, 3.63) is 45.8 Å². The van der Waals surface area contributed by atoms with Crippen LogP contribution in [0.3, 0.4) is 0 Å². The second kappa shape index (κ2) is 9.25. The zero-order valence-corrected chi connectivity index (χ0v) is 17.3. The monoisotopic (exact) mass is 419 g/mol. The van der Waals surface area contributed by atoms with Crippen LogP contribution in [0, 0.1) is 6.92 Å². The molecule has 0 radical (unpaired) electrons. The van der Waals surface area contributed by atoms with Crippen molar-refractivity contribution in [3.63, 3.8) is 0 Å². The van der Waals surface area contributed by atoms with E-state index in [-0.39, 0.29) is 5.75 Å². The van der Waals surface area contributed by atoms with E-state index in [4.69, 9.17) is 9.47 Å². The average Bonchev–Trinajstić information content (AvgIpc) is 3.26. The molecule has 148 valence electrons. The number of thiophene rings is 1. The van der Waals surface area contributed by atoms with Gasteiger partial charge in [-0.15, -0.1) is 23.1 Å². The van der Waals surface area contributed by atoms with Gasteiger partial charge in [0.2, 0.25) is 0 Å². The fraction of sp³-hybridized carbons (Fsp3) is 0.350. The molecule has 1 aliphatic carbocycles. The highest BCUT2D eigenvalue weighted by atomic mass is 32.2. The van der Waals surface area contributed by atoms with E-state index in [1.807, 2.05) is 31.2 Å². The largest absolute Gasteiger partial charge is 0.465 e. The Kier molecular flexibility index (Phi) is 6.74. The normalized spacial score (nSPS) is 12.4. The molecule has 3 rings (SSSR count). The van der Waals surface area contributed by atoms with Gasteiger partial charge in [0.15, 0.2) is 6.61 Å². The van der Waals surface area contributed by atoms with Gasteiger partial charge in [0.1, 0.15) is 5.00 Å². The lowest BCUT2D eigenvalue weighted by atomic mass is 10.1. The SMILES string of the molecule is COC(=O)c1c(NC(=O)COC(=O)CSc2ccccc2C)sc2c1CCC2. The molecule has 1 aliphatic rings. The first-order chi connectivity index (χ1) is 13.5. The Bertz CT molecular complexity index is 906. The highest BCUT2D eigenvalue weighted by molar-refractivity contribution is 8.00. The number of nitrogens with one attached hydrogen (secondary N) is 1. The Morgan fingerprint density at radius 2 is 2.00 bits per heavy atom. The molecule has 0 fully saturated rings. The second-order valence-corrected chi connectivity index (χ2v) is 8.44. The summed E-state index contributed by atoms with van der Waals surface area (Å²) < 4.78 is 9.91. The van der Waals surface area contributed by atoms with Gasteiger partial charge in [0.05, 0.1) is 18.4 Å². The summed E-state index contributed by atoms with van der Waals surface area (Å²) in [5.41, 5.74) is 2.47. The molecule has 1 aromatic carbocycles. The third kappa shape index (κ3) is 4.74. The third-order valence-electron chi connectivity index (χ3n) is 4.37. The van der Waals surface area contributed by atoms with Gasteiger partial charge in [-0.1, -0.05) is 18.2 Å². The van der Waals surface area contributed by atoms with Crippen molar-refractivity contribution in [1.82, 2.24) is 0 Å². The van der Waals surface area contributed by atoms with Crippen LogP contribution in [0.4, 0.5) is 5.00 Å². The minimum Gasteiger partial charge on any atom is -0.465 e. The number of anilines is 1. The van der Waals surface area contributed by atoms with Crippen LogP contribution in [-0.4, -0.2) is 37.3 Å². The molecule has 0 atom stereocenters. The van der Waals surface area contributed by atoms with E-state index in [1.165, 1.54) is 30.2 Å². The van der Waals surface area contributed by atoms with Crippen LogP contribution in [0.25, 0.3) is 0 Å². The lowest BCUT2D eigenvalue weighted by Crippen LogP contribution is -2.22. The Morgan fingerprint density at radius 3 is 2.75 bits per heavy atom. The Hall–Kier alpha value is -2.32. The highest BCUT2D eigenvalue weighted by Crippen LogP contribution is 2.39. The number of rotatable bonds is 7. The van der Waals surface area contributed by atoms with Crippen LogP contribution in [0.5, 0.6) is 0 Å². The minimum atomic E-state index is -0.473. The standard InChI is InChI=1S/C20H21NO5S2/c1-12-6-3-4-8-14(12)27-11-17(23)26-10-16(22)21-19-18(20(24)25-2)13-7-5-9-15(13)28-19/h3-4,6,8H,5,7,9-11H2,1-2H3,(H,21,22). The predicted octanol–water partition coefficient (Wildman–Crippen LogP) is 3.61. The molecule has 2 aromatic rings. The number of carbonyl (C=O) groups excluding carboxylic acids is 3. The van der Waals surface area contributed by atoms with Crippen molar-refractivity contribution < 1.29 is 23.9 Å². The average molecular weight is 420 g/mol. The molecule has 0 aliphatic heterocycles. The molecule has 1 aromatic heterocycles. The molecule has 1 amide bonds. The number of carbonyl (C=O) groups is 3.